The summed E-state index contributed by atoms with van der Waals surface area (Å²) in [5.74, 6) is 1.36. The van der Waals surface area contributed by atoms with Gasteiger partial charge in [0.2, 0.25) is 0 Å². The Labute approximate surface area is 143 Å². The van der Waals surface area contributed by atoms with Gasteiger partial charge in [-0.25, -0.2) is 0 Å². The first-order valence-corrected chi connectivity index (χ1v) is 10.6. The van der Waals surface area contributed by atoms with Gasteiger partial charge in [0.1, 0.15) is 0 Å². The van der Waals surface area contributed by atoms with E-state index >= 15 is 0 Å². The Balaban J connectivity index is 1.71. The minimum absolute atomic E-state index is 0.204. The van der Waals surface area contributed by atoms with Crippen molar-refractivity contribution in [3.05, 3.63) is 0 Å². The molecule has 0 amide bonds. The standard InChI is InChI=1S/C20H39N3/c21-19(16-10-4-1-5-11-16)23(18-14-8-3-9-15-18)20(22)17-12-6-2-7-13-17/h16-20H,1-15,21-22H2. The highest BCUT2D eigenvalue weighted by Gasteiger charge is 2.37. The first-order valence-electron chi connectivity index (χ1n) is 10.6. The van der Waals surface area contributed by atoms with Gasteiger partial charge in [0, 0.05) is 6.04 Å². The van der Waals surface area contributed by atoms with Gasteiger partial charge in [-0.1, -0.05) is 57.8 Å². The molecule has 3 nitrogen and oxygen atoms in total. The lowest BCUT2D eigenvalue weighted by atomic mass is 9.82. The third kappa shape index (κ3) is 4.49. The SMILES string of the molecule is NC(C1CCCCC1)N(C1CCCCC1)C(N)C1CCCCC1. The molecule has 0 aromatic carbocycles. The maximum absolute atomic E-state index is 6.88. The van der Waals surface area contributed by atoms with E-state index in [1.165, 1.54) is 96.3 Å². The van der Waals surface area contributed by atoms with Crippen LogP contribution < -0.4 is 11.5 Å². The van der Waals surface area contributed by atoms with Gasteiger partial charge in [-0.2, -0.15) is 0 Å². The largest absolute Gasteiger partial charge is 0.315 e. The van der Waals surface area contributed by atoms with Crippen molar-refractivity contribution in [3.8, 4) is 0 Å². The van der Waals surface area contributed by atoms with Gasteiger partial charge in [-0.05, 0) is 50.4 Å². The van der Waals surface area contributed by atoms with Crippen molar-refractivity contribution in [2.24, 2.45) is 23.3 Å². The lowest BCUT2D eigenvalue weighted by molar-refractivity contribution is -0.00712. The molecule has 3 aliphatic carbocycles. The minimum atomic E-state index is 0.204. The molecule has 2 unspecified atom stereocenters. The maximum Gasteiger partial charge on any atom is 0.0617 e. The number of hydrogen-bond donors (Lipinski definition) is 2. The van der Waals surface area contributed by atoms with Gasteiger partial charge in [0.05, 0.1) is 12.3 Å². The minimum Gasteiger partial charge on any atom is -0.315 e. The molecule has 134 valence electrons. The number of nitrogens with two attached hydrogens (primary N) is 2. The van der Waals surface area contributed by atoms with E-state index in [0.717, 1.165) is 0 Å². The molecule has 0 bridgehead atoms. The molecule has 0 aromatic rings. The Kier molecular flexibility index (Phi) is 6.79. The second-order valence-electron chi connectivity index (χ2n) is 8.52. The Hall–Kier alpha value is -0.120. The summed E-state index contributed by atoms with van der Waals surface area (Å²) >= 11 is 0. The van der Waals surface area contributed by atoms with Gasteiger partial charge in [0.15, 0.2) is 0 Å². The molecular weight excluding hydrogens is 282 g/mol. The van der Waals surface area contributed by atoms with Crippen molar-refractivity contribution in [1.29, 1.82) is 0 Å². The number of rotatable bonds is 5. The summed E-state index contributed by atoms with van der Waals surface area (Å²) in [5, 5.41) is 0. The fraction of sp³-hybridized carbons (Fsp3) is 1.00. The Morgan fingerprint density at radius 3 is 1.26 bits per heavy atom. The second kappa shape index (κ2) is 8.82. The van der Waals surface area contributed by atoms with E-state index < -0.39 is 0 Å². The Bertz CT molecular complexity index is 304. The second-order valence-corrected chi connectivity index (χ2v) is 8.52. The summed E-state index contributed by atoms with van der Waals surface area (Å²) < 4.78 is 0. The van der Waals surface area contributed by atoms with Crippen molar-refractivity contribution >= 4 is 0 Å². The molecule has 0 heterocycles. The molecule has 3 fully saturated rings. The number of nitrogens with zero attached hydrogens (tertiary/aromatic N) is 1. The molecule has 3 saturated carbocycles. The van der Waals surface area contributed by atoms with Gasteiger partial charge in [0.25, 0.3) is 0 Å². The monoisotopic (exact) mass is 321 g/mol. The third-order valence-corrected chi connectivity index (χ3v) is 6.95. The molecule has 0 aromatic heterocycles. The Morgan fingerprint density at radius 2 is 0.870 bits per heavy atom. The molecular formula is C20H39N3. The van der Waals surface area contributed by atoms with Crippen molar-refractivity contribution in [1.82, 2.24) is 4.90 Å². The zero-order valence-electron chi connectivity index (χ0n) is 15.1. The van der Waals surface area contributed by atoms with Crippen molar-refractivity contribution in [2.45, 2.75) is 115 Å². The van der Waals surface area contributed by atoms with E-state index in [-0.39, 0.29) is 12.3 Å². The van der Waals surface area contributed by atoms with Crippen LogP contribution in [0.3, 0.4) is 0 Å². The van der Waals surface area contributed by atoms with Gasteiger partial charge in [-0.15, -0.1) is 0 Å². The van der Waals surface area contributed by atoms with Gasteiger partial charge < -0.3 is 11.5 Å². The predicted octanol–water partition coefficient (Wildman–Crippen LogP) is 4.35. The number of hydrogen-bond acceptors (Lipinski definition) is 3. The molecule has 3 aliphatic rings. The van der Waals surface area contributed by atoms with E-state index in [2.05, 4.69) is 4.90 Å². The van der Waals surface area contributed by atoms with Crippen LogP contribution in [0.1, 0.15) is 96.3 Å². The normalized spacial score (nSPS) is 28.8. The van der Waals surface area contributed by atoms with Gasteiger partial charge in [-0.3, -0.25) is 4.90 Å². The molecule has 0 saturated heterocycles. The summed E-state index contributed by atoms with van der Waals surface area (Å²) in [6, 6.07) is 0.651. The van der Waals surface area contributed by atoms with Crippen LogP contribution in [0.15, 0.2) is 0 Å². The van der Waals surface area contributed by atoms with Crippen molar-refractivity contribution in [3.63, 3.8) is 0 Å². The summed E-state index contributed by atoms with van der Waals surface area (Å²) in [7, 11) is 0. The highest BCUT2D eigenvalue weighted by molar-refractivity contribution is 4.89. The molecule has 23 heavy (non-hydrogen) atoms. The van der Waals surface area contributed by atoms with Crippen LogP contribution in [0.4, 0.5) is 0 Å². The maximum atomic E-state index is 6.88. The highest BCUT2D eigenvalue weighted by Crippen LogP contribution is 2.35. The predicted molar refractivity (Wildman–Crippen MR) is 97.8 cm³/mol. The average molecular weight is 322 g/mol. The summed E-state index contributed by atoms with van der Waals surface area (Å²) in [5.41, 5.74) is 13.8. The molecule has 2 atom stereocenters. The zero-order valence-corrected chi connectivity index (χ0v) is 15.1. The van der Waals surface area contributed by atoms with Gasteiger partial charge >= 0.3 is 0 Å². The lowest BCUT2D eigenvalue weighted by Gasteiger charge is -2.48. The van der Waals surface area contributed by atoms with E-state index in [9.17, 15) is 0 Å². The summed E-state index contributed by atoms with van der Waals surface area (Å²) in [4.78, 5) is 2.63. The average Bonchev–Trinajstić information content (AvgIpc) is 2.64. The fourth-order valence-electron chi connectivity index (χ4n) is 5.50. The van der Waals surface area contributed by atoms with E-state index in [4.69, 9.17) is 11.5 Å². The fourth-order valence-corrected chi connectivity index (χ4v) is 5.50. The van der Waals surface area contributed by atoms with Crippen molar-refractivity contribution in [2.75, 3.05) is 0 Å². The van der Waals surface area contributed by atoms with E-state index in [0.29, 0.717) is 17.9 Å². The van der Waals surface area contributed by atoms with Crippen LogP contribution in [-0.2, 0) is 0 Å². The van der Waals surface area contributed by atoms with Crippen LogP contribution >= 0.6 is 0 Å². The van der Waals surface area contributed by atoms with Crippen LogP contribution in [0.25, 0.3) is 0 Å². The smallest absolute Gasteiger partial charge is 0.0617 e. The summed E-state index contributed by atoms with van der Waals surface area (Å²) in [6.45, 7) is 0. The van der Waals surface area contributed by atoms with Crippen LogP contribution in [0.2, 0.25) is 0 Å². The van der Waals surface area contributed by atoms with Crippen LogP contribution in [0.5, 0.6) is 0 Å². The van der Waals surface area contributed by atoms with E-state index in [1.54, 1.807) is 0 Å². The molecule has 4 N–H and O–H groups in total. The molecule has 0 aliphatic heterocycles. The Morgan fingerprint density at radius 1 is 0.522 bits per heavy atom. The molecule has 0 spiro atoms. The quantitative estimate of drug-likeness (QED) is 0.740. The zero-order chi connectivity index (χ0) is 16.1. The first-order chi connectivity index (χ1) is 11.3. The third-order valence-electron chi connectivity index (χ3n) is 6.95. The first kappa shape index (κ1) is 17.7. The molecule has 3 rings (SSSR count). The lowest BCUT2D eigenvalue weighted by Crippen LogP contribution is -2.62. The molecule has 3 heteroatoms. The van der Waals surface area contributed by atoms with Crippen molar-refractivity contribution < 1.29 is 0 Å². The van der Waals surface area contributed by atoms with Crippen LogP contribution in [-0.4, -0.2) is 23.3 Å². The van der Waals surface area contributed by atoms with E-state index in [1.807, 2.05) is 0 Å². The molecule has 0 radical (unpaired) electrons. The topological polar surface area (TPSA) is 55.3 Å². The highest BCUT2D eigenvalue weighted by atomic mass is 15.3. The summed E-state index contributed by atoms with van der Waals surface area (Å²) in [6.07, 6.45) is 20.8. The van der Waals surface area contributed by atoms with Crippen LogP contribution in [0, 0.1) is 11.8 Å².